The highest BCUT2D eigenvalue weighted by atomic mass is 32.2. The van der Waals surface area contributed by atoms with Gasteiger partial charge in [-0.25, -0.2) is 13.2 Å². The van der Waals surface area contributed by atoms with E-state index in [1.54, 1.807) is 54.7 Å². The molecule has 10 heteroatoms. The maximum absolute atomic E-state index is 13.3. The lowest BCUT2D eigenvalue weighted by molar-refractivity contribution is -0.123. The highest BCUT2D eigenvalue weighted by Gasteiger charge is 2.24. The molecule has 0 fully saturated rings. The van der Waals surface area contributed by atoms with Crippen LogP contribution in [0.15, 0.2) is 78.0 Å². The van der Waals surface area contributed by atoms with Gasteiger partial charge in [-0.2, -0.15) is 0 Å². The summed E-state index contributed by atoms with van der Waals surface area (Å²) >= 11 is 0. The third kappa shape index (κ3) is 7.07. The maximum Gasteiger partial charge on any atom is 0.319 e. The predicted octanol–water partition coefficient (Wildman–Crippen LogP) is 3.78. The first-order chi connectivity index (χ1) is 17.8. The second kappa shape index (κ2) is 11.9. The van der Waals surface area contributed by atoms with E-state index in [9.17, 15) is 18.0 Å². The summed E-state index contributed by atoms with van der Waals surface area (Å²) < 4.78 is 32.4. The van der Waals surface area contributed by atoms with Crippen LogP contribution in [0.1, 0.15) is 26.2 Å². The van der Waals surface area contributed by atoms with Crippen LogP contribution >= 0.6 is 0 Å². The molecular weight excluding hydrogens is 492 g/mol. The Morgan fingerprint density at radius 3 is 2.73 bits per heavy atom. The first kappa shape index (κ1) is 26.2. The normalized spacial score (nSPS) is 20.0. The van der Waals surface area contributed by atoms with Crippen molar-refractivity contribution >= 4 is 27.5 Å². The Labute approximate surface area is 216 Å². The SMILES string of the molecule is C[C@@H]1COc2cccc(c2)-c2ccccc2S(=O)(=O)CCCC[C@H](NC(=O)Nc2cccnc2)C(=O)N1. The van der Waals surface area contributed by atoms with Gasteiger partial charge < -0.3 is 20.7 Å². The molecule has 2 heterocycles. The van der Waals surface area contributed by atoms with Crippen molar-refractivity contribution < 1.29 is 22.7 Å². The van der Waals surface area contributed by atoms with Crippen molar-refractivity contribution in [2.75, 3.05) is 17.7 Å². The molecule has 37 heavy (non-hydrogen) atoms. The number of ether oxygens (including phenoxy) is 1. The molecule has 194 valence electrons. The van der Waals surface area contributed by atoms with Gasteiger partial charge in [0, 0.05) is 11.8 Å². The molecule has 2 aromatic carbocycles. The third-order valence-corrected chi connectivity index (χ3v) is 7.81. The molecule has 1 aliphatic rings. The van der Waals surface area contributed by atoms with E-state index in [4.69, 9.17) is 4.74 Å². The van der Waals surface area contributed by atoms with E-state index in [2.05, 4.69) is 20.9 Å². The van der Waals surface area contributed by atoms with Gasteiger partial charge in [0.05, 0.1) is 28.6 Å². The molecule has 0 radical (unpaired) electrons. The van der Waals surface area contributed by atoms with Crippen LogP contribution in [0.4, 0.5) is 10.5 Å². The van der Waals surface area contributed by atoms with Gasteiger partial charge in [0.1, 0.15) is 18.4 Å². The Bertz CT molecular complexity index is 1350. The van der Waals surface area contributed by atoms with Gasteiger partial charge in [0.2, 0.25) is 5.91 Å². The van der Waals surface area contributed by atoms with Gasteiger partial charge in [-0.15, -0.1) is 0 Å². The molecule has 2 atom stereocenters. The van der Waals surface area contributed by atoms with Crippen molar-refractivity contribution in [2.45, 2.75) is 43.2 Å². The summed E-state index contributed by atoms with van der Waals surface area (Å²) in [5, 5.41) is 8.24. The monoisotopic (exact) mass is 522 g/mol. The van der Waals surface area contributed by atoms with Gasteiger partial charge in [0.25, 0.3) is 0 Å². The molecule has 3 N–H and O–H groups in total. The van der Waals surface area contributed by atoms with Gasteiger partial charge >= 0.3 is 6.03 Å². The van der Waals surface area contributed by atoms with E-state index in [-0.39, 0.29) is 35.6 Å². The highest BCUT2D eigenvalue weighted by molar-refractivity contribution is 7.91. The van der Waals surface area contributed by atoms with Crippen LogP contribution in [0.2, 0.25) is 0 Å². The Morgan fingerprint density at radius 2 is 1.92 bits per heavy atom. The van der Waals surface area contributed by atoms with Crippen molar-refractivity contribution in [1.29, 1.82) is 0 Å². The molecule has 0 aliphatic carbocycles. The minimum absolute atomic E-state index is 0.0766. The molecule has 9 nitrogen and oxygen atoms in total. The zero-order valence-corrected chi connectivity index (χ0v) is 21.3. The molecule has 3 amide bonds. The lowest BCUT2D eigenvalue weighted by atomic mass is 10.1. The average Bonchev–Trinajstić information content (AvgIpc) is 2.89. The zero-order chi connectivity index (χ0) is 26.3. The van der Waals surface area contributed by atoms with Crippen molar-refractivity contribution in [3.8, 4) is 16.9 Å². The summed E-state index contributed by atoms with van der Waals surface area (Å²) in [6.07, 6.45) is 4.12. The number of benzene rings is 2. The number of hydrogen-bond donors (Lipinski definition) is 3. The predicted molar refractivity (Wildman–Crippen MR) is 141 cm³/mol. The number of fused-ring (bicyclic) bond motifs is 4. The van der Waals surface area contributed by atoms with Crippen molar-refractivity contribution in [1.82, 2.24) is 15.6 Å². The first-order valence-electron chi connectivity index (χ1n) is 12.1. The van der Waals surface area contributed by atoms with Crippen LogP contribution in [0.3, 0.4) is 0 Å². The van der Waals surface area contributed by atoms with Gasteiger partial charge in [0.15, 0.2) is 9.84 Å². The Hall–Kier alpha value is -3.92. The number of aromatic nitrogens is 1. The fourth-order valence-corrected chi connectivity index (χ4v) is 5.73. The second-order valence-corrected chi connectivity index (χ2v) is 11.0. The molecule has 1 aliphatic heterocycles. The first-order valence-corrected chi connectivity index (χ1v) is 13.8. The largest absolute Gasteiger partial charge is 0.491 e. The Balaban J connectivity index is 1.56. The number of amides is 3. The molecule has 0 spiro atoms. The van der Waals surface area contributed by atoms with Gasteiger partial charge in [-0.1, -0.05) is 30.3 Å². The second-order valence-electron chi connectivity index (χ2n) is 8.95. The molecule has 0 unspecified atom stereocenters. The number of nitrogens with zero attached hydrogens (tertiary/aromatic N) is 1. The lowest BCUT2D eigenvalue weighted by Crippen LogP contribution is -2.51. The quantitative estimate of drug-likeness (QED) is 0.470. The van der Waals surface area contributed by atoms with Gasteiger partial charge in [-0.05, 0) is 62.1 Å². The van der Waals surface area contributed by atoms with E-state index in [0.29, 0.717) is 29.8 Å². The number of urea groups is 1. The number of rotatable bonds is 2. The number of nitrogens with one attached hydrogen (secondary N) is 3. The number of sulfone groups is 1. The zero-order valence-electron chi connectivity index (χ0n) is 20.5. The summed E-state index contributed by atoms with van der Waals surface area (Å²) in [6, 6.07) is 15.8. The van der Waals surface area contributed by atoms with Crippen LogP contribution in [0.25, 0.3) is 11.1 Å². The maximum atomic E-state index is 13.3. The third-order valence-electron chi connectivity index (χ3n) is 5.95. The van der Waals surface area contributed by atoms with Crippen molar-refractivity contribution in [3.63, 3.8) is 0 Å². The molecule has 4 rings (SSSR count). The summed E-state index contributed by atoms with van der Waals surface area (Å²) in [7, 11) is -3.59. The smallest absolute Gasteiger partial charge is 0.319 e. The van der Waals surface area contributed by atoms with Crippen LogP contribution in [0, 0.1) is 0 Å². The number of pyridine rings is 1. The lowest BCUT2D eigenvalue weighted by Gasteiger charge is -2.22. The highest BCUT2D eigenvalue weighted by Crippen LogP contribution is 2.31. The fourth-order valence-electron chi connectivity index (χ4n) is 4.12. The standard InChI is InChI=1S/C27H30N4O5S/c1-19-18-36-22-10-6-8-20(16-22)23-11-2-3-13-25(23)37(34,35)15-5-4-12-24(26(32)29-19)31-27(33)30-21-9-7-14-28-17-21/h2-3,6-11,13-14,16-17,19,24H,4-5,12,15,18H2,1H3,(H,29,32)(H2,30,31,33)/t19-,24+/m1/s1. The number of hydrogen-bond acceptors (Lipinski definition) is 6. The van der Waals surface area contributed by atoms with Crippen molar-refractivity contribution in [3.05, 3.63) is 73.1 Å². The van der Waals surface area contributed by atoms with E-state index in [1.165, 1.54) is 6.20 Å². The molecule has 2 bridgehead atoms. The van der Waals surface area contributed by atoms with Crippen LogP contribution < -0.4 is 20.7 Å². The van der Waals surface area contributed by atoms with E-state index < -0.39 is 21.9 Å². The minimum atomic E-state index is -3.59. The fraction of sp³-hybridized carbons (Fsp3) is 0.296. The Morgan fingerprint density at radius 1 is 1.08 bits per heavy atom. The summed E-state index contributed by atoms with van der Waals surface area (Å²) in [6.45, 7) is 2.02. The number of carbonyl (C=O) groups is 2. The van der Waals surface area contributed by atoms with Gasteiger partial charge in [-0.3, -0.25) is 9.78 Å². The molecule has 0 saturated heterocycles. The van der Waals surface area contributed by atoms with Crippen LogP contribution in [0.5, 0.6) is 5.75 Å². The topological polar surface area (TPSA) is 126 Å². The van der Waals surface area contributed by atoms with E-state index in [1.807, 2.05) is 19.1 Å². The molecular formula is C27H30N4O5S. The number of anilines is 1. The van der Waals surface area contributed by atoms with E-state index >= 15 is 0 Å². The van der Waals surface area contributed by atoms with Crippen molar-refractivity contribution in [2.24, 2.45) is 0 Å². The summed E-state index contributed by atoms with van der Waals surface area (Å²) in [5.41, 5.74) is 1.85. The summed E-state index contributed by atoms with van der Waals surface area (Å²) in [4.78, 5) is 29.8. The van der Waals surface area contributed by atoms with Crippen LogP contribution in [-0.4, -0.2) is 49.8 Å². The van der Waals surface area contributed by atoms with Crippen LogP contribution in [-0.2, 0) is 14.6 Å². The number of carbonyl (C=O) groups excluding carboxylic acids is 2. The average molecular weight is 523 g/mol. The molecule has 1 aromatic heterocycles. The Kier molecular flexibility index (Phi) is 8.39. The summed E-state index contributed by atoms with van der Waals surface area (Å²) in [5.74, 6) is 0.113. The molecule has 0 saturated carbocycles. The van der Waals surface area contributed by atoms with E-state index in [0.717, 1.165) is 5.56 Å². The minimum Gasteiger partial charge on any atom is -0.491 e. The molecule has 3 aromatic rings.